The smallest absolute Gasteiger partial charge is 0.347 e. The fourth-order valence-electron chi connectivity index (χ4n) is 1.77. The highest BCUT2D eigenvalue weighted by molar-refractivity contribution is 5.75. The van der Waals surface area contributed by atoms with E-state index < -0.39 is 17.0 Å². The van der Waals surface area contributed by atoms with Crippen LogP contribution < -0.4 is 9.47 Å². The van der Waals surface area contributed by atoms with Gasteiger partial charge in [0, 0.05) is 0 Å². The summed E-state index contributed by atoms with van der Waals surface area (Å²) in [5.41, 5.74) is -0.214. The summed E-state index contributed by atoms with van der Waals surface area (Å²) in [6.45, 7) is 3.87. The van der Waals surface area contributed by atoms with Crippen LogP contribution in [-0.2, 0) is 9.53 Å². The first-order chi connectivity index (χ1) is 10.0. The number of carbonyl (C=O) groups is 1. The van der Waals surface area contributed by atoms with Crippen molar-refractivity contribution in [3.63, 3.8) is 0 Å². The molecule has 116 valence electrons. The Morgan fingerprint density at radius 1 is 1.38 bits per heavy atom. The number of methoxy groups -OCH3 is 1. The lowest BCUT2D eigenvalue weighted by Gasteiger charge is -2.17. The molecule has 0 amide bonds. The Hall–Kier alpha value is -2.31. The van der Waals surface area contributed by atoms with Crippen molar-refractivity contribution < 1.29 is 23.9 Å². The largest absolute Gasteiger partial charge is 0.490 e. The van der Waals surface area contributed by atoms with Gasteiger partial charge in [-0.2, -0.15) is 0 Å². The second-order valence-electron chi connectivity index (χ2n) is 4.24. The minimum Gasteiger partial charge on any atom is -0.490 e. The third-order valence-electron chi connectivity index (χ3n) is 2.73. The molecule has 1 unspecified atom stereocenters. The number of nitro benzene ring substituents is 1. The number of esters is 1. The maximum absolute atomic E-state index is 11.8. The molecule has 0 aliphatic rings. The van der Waals surface area contributed by atoms with Crippen LogP contribution in [-0.4, -0.2) is 30.7 Å². The van der Waals surface area contributed by atoms with Gasteiger partial charge in [-0.05, 0) is 25.5 Å². The minimum absolute atomic E-state index is 0.135. The lowest BCUT2D eigenvalue weighted by Crippen LogP contribution is -2.29. The molecule has 1 rings (SSSR count). The van der Waals surface area contributed by atoms with Gasteiger partial charge in [0.15, 0.2) is 11.9 Å². The van der Waals surface area contributed by atoms with Gasteiger partial charge in [0.05, 0.1) is 24.7 Å². The third kappa shape index (κ3) is 4.62. The molecule has 0 N–H and O–H groups in total. The molecule has 0 saturated heterocycles. The van der Waals surface area contributed by atoms with E-state index in [1.54, 1.807) is 6.92 Å². The van der Waals surface area contributed by atoms with Gasteiger partial charge in [-0.1, -0.05) is 13.3 Å². The average Bonchev–Trinajstić information content (AvgIpc) is 2.46. The summed E-state index contributed by atoms with van der Waals surface area (Å²) in [5.74, 6) is -0.109. The van der Waals surface area contributed by atoms with Gasteiger partial charge in [0.2, 0.25) is 0 Å². The molecule has 1 aromatic carbocycles. The van der Waals surface area contributed by atoms with E-state index in [0.29, 0.717) is 6.42 Å². The second-order valence-corrected chi connectivity index (χ2v) is 4.24. The number of hydrogen-bond acceptors (Lipinski definition) is 6. The Labute approximate surface area is 123 Å². The highest BCUT2D eigenvalue weighted by Crippen LogP contribution is 2.31. The van der Waals surface area contributed by atoms with E-state index in [-0.39, 0.29) is 23.8 Å². The summed E-state index contributed by atoms with van der Waals surface area (Å²) in [5, 5.41) is 11.0. The van der Waals surface area contributed by atoms with E-state index in [1.165, 1.54) is 25.3 Å². The molecule has 7 nitrogen and oxygen atoms in total. The van der Waals surface area contributed by atoms with E-state index in [1.807, 2.05) is 6.92 Å². The first kappa shape index (κ1) is 16.7. The van der Waals surface area contributed by atoms with Gasteiger partial charge in [0.1, 0.15) is 5.75 Å². The molecule has 0 heterocycles. The Bertz CT molecular complexity index is 502. The first-order valence-corrected chi connectivity index (χ1v) is 6.69. The summed E-state index contributed by atoms with van der Waals surface area (Å²) in [6, 6.07) is 4.19. The first-order valence-electron chi connectivity index (χ1n) is 6.69. The molecule has 1 atom stereocenters. The number of hydrogen-bond donors (Lipinski definition) is 0. The molecule has 1 aromatic rings. The molecule has 0 fully saturated rings. The van der Waals surface area contributed by atoms with Gasteiger partial charge >= 0.3 is 11.7 Å². The van der Waals surface area contributed by atoms with Gasteiger partial charge in [-0.25, -0.2) is 4.79 Å². The van der Waals surface area contributed by atoms with Crippen molar-refractivity contribution in [3.8, 4) is 11.5 Å². The van der Waals surface area contributed by atoms with E-state index >= 15 is 0 Å². The van der Waals surface area contributed by atoms with Crippen LogP contribution in [0.25, 0.3) is 0 Å². The summed E-state index contributed by atoms with van der Waals surface area (Å²) >= 11 is 0. The summed E-state index contributed by atoms with van der Waals surface area (Å²) in [4.78, 5) is 22.2. The van der Waals surface area contributed by atoms with Gasteiger partial charge in [-0.15, -0.1) is 0 Å². The standard InChI is InChI=1S/C14H19NO6/c1-4-6-13(14(16)20-5-2)21-10-7-8-12(19-3)11(9-10)15(17)18/h7-9,13H,4-6H2,1-3H3. The highest BCUT2D eigenvalue weighted by atomic mass is 16.6. The normalized spacial score (nSPS) is 11.6. The zero-order valence-corrected chi connectivity index (χ0v) is 12.3. The van der Waals surface area contributed by atoms with E-state index in [4.69, 9.17) is 14.2 Å². The Kier molecular flexibility index (Phi) is 6.45. The number of carbonyl (C=O) groups excluding carboxylic acids is 1. The molecule has 7 heteroatoms. The monoisotopic (exact) mass is 297 g/mol. The van der Waals surface area contributed by atoms with Crippen LogP contribution in [0.1, 0.15) is 26.7 Å². The Morgan fingerprint density at radius 3 is 2.62 bits per heavy atom. The molecule has 0 aliphatic heterocycles. The molecular weight excluding hydrogens is 278 g/mol. The summed E-state index contributed by atoms with van der Waals surface area (Å²) in [6.07, 6.45) is 0.420. The fraction of sp³-hybridized carbons (Fsp3) is 0.500. The van der Waals surface area contributed by atoms with Gasteiger partial charge < -0.3 is 14.2 Å². The maximum atomic E-state index is 11.8. The van der Waals surface area contributed by atoms with Crippen LogP contribution in [0, 0.1) is 10.1 Å². The van der Waals surface area contributed by atoms with Crippen LogP contribution in [0.4, 0.5) is 5.69 Å². The predicted molar refractivity (Wildman–Crippen MR) is 75.6 cm³/mol. The quantitative estimate of drug-likeness (QED) is 0.416. The lowest BCUT2D eigenvalue weighted by molar-refractivity contribution is -0.385. The van der Waals surface area contributed by atoms with Gasteiger partial charge in [0.25, 0.3) is 0 Å². The fourth-order valence-corrected chi connectivity index (χ4v) is 1.77. The van der Waals surface area contributed by atoms with Gasteiger partial charge in [-0.3, -0.25) is 10.1 Å². The molecule has 0 aliphatic carbocycles. The van der Waals surface area contributed by atoms with Crippen molar-refractivity contribution in [3.05, 3.63) is 28.3 Å². The number of nitro groups is 1. The van der Waals surface area contributed by atoms with Crippen molar-refractivity contribution >= 4 is 11.7 Å². The predicted octanol–water partition coefficient (Wildman–Crippen LogP) is 2.71. The van der Waals surface area contributed by atoms with E-state index in [2.05, 4.69) is 0 Å². The molecule has 0 aromatic heterocycles. The SMILES string of the molecule is CCCC(Oc1ccc(OC)c([N+](=O)[O-])c1)C(=O)OCC. The minimum atomic E-state index is -0.775. The Morgan fingerprint density at radius 2 is 2.10 bits per heavy atom. The van der Waals surface area contributed by atoms with Crippen LogP contribution in [0.2, 0.25) is 0 Å². The lowest BCUT2D eigenvalue weighted by atomic mass is 10.2. The van der Waals surface area contributed by atoms with Crippen LogP contribution in [0.15, 0.2) is 18.2 Å². The summed E-state index contributed by atoms with van der Waals surface area (Å²) < 4.78 is 15.4. The molecule has 0 bridgehead atoms. The van der Waals surface area contributed by atoms with Crippen molar-refractivity contribution in [2.45, 2.75) is 32.8 Å². The molecule has 0 spiro atoms. The van der Waals surface area contributed by atoms with E-state index in [0.717, 1.165) is 6.42 Å². The Balaban J connectivity index is 2.95. The second kappa shape index (κ2) is 8.08. The van der Waals surface area contributed by atoms with Crippen molar-refractivity contribution in [1.82, 2.24) is 0 Å². The molecule has 21 heavy (non-hydrogen) atoms. The maximum Gasteiger partial charge on any atom is 0.347 e. The highest BCUT2D eigenvalue weighted by Gasteiger charge is 2.23. The van der Waals surface area contributed by atoms with Crippen LogP contribution in [0.5, 0.6) is 11.5 Å². The van der Waals surface area contributed by atoms with Crippen LogP contribution >= 0.6 is 0 Å². The third-order valence-corrected chi connectivity index (χ3v) is 2.73. The number of ether oxygens (including phenoxy) is 3. The average molecular weight is 297 g/mol. The van der Waals surface area contributed by atoms with Crippen molar-refractivity contribution in [1.29, 1.82) is 0 Å². The molecule has 0 radical (unpaired) electrons. The van der Waals surface area contributed by atoms with Crippen molar-refractivity contribution in [2.24, 2.45) is 0 Å². The number of benzene rings is 1. The number of rotatable bonds is 8. The summed E-state index contributed by atoms with van der Waals surface area (Å²) in [7, 11) is 1.35. The topological polar surface area (TPSA) is 87.9 Å². The van der Waals surface area contributed by atoms with Crippen molar-refractivity contribution in [2.75, 3.05) is 13.7 Å². The van der Waals surface area contributed by atoms with Crippen LogP contribution in [0.3, 0.4) is 0 Å². The molecular formula is C14H19NO6. The number of nitrogens with zero attached hydrogens (tertiary/aromatic N) is 1. The zero-order valence-electron chi connectivity index (χ0n) is 12.3. The zero-order chi connectivity index (χ0) is 15.8. The molecule has 0 saturated carbocycles. The van der Waals surface area contributed by atoms with E-state index in [9.17, 15) is 14.9 Å².